The van der Waals surface area contributed by atoms with Gasteiger partial charge in [0.05, 0.1) is 16.9 Å². The van der Waals surface area contributed by atoms with E-state index in [4.69, 9.17) is 4.99 Å². The van der Waals surface area contributed by atoms with Crippen molar-refractivity contribution in [3.63, 3.8) is 0 Å². The van der Waals surface area contributed by atoms with Gasteiger partial charge < -0.3 is 10.2 Å². The van der Waals surface area contributed by atoms with Crippen LogP contribution in [0, 0.1) is 18.6 Å². The lowest BCUT2D eigenvalue weighted by molar-refractivity contribution is 0.134. The van der Waals surface area contributed by atoms with E-state index >= 15 is 0 Å². The molecule has 0 radical (unpaired) electrons. The number of anilines is 2. The predicted octanol–water partition coefficient (Wildman–Crippen LogP) is 5.72. The Balaban J connectivity index is 1.41. The minimum atomic E-state index is -0.533. The van der Waals surface area contributed by atoms with Crippen molar-refractivity contribution in [3.8, 4) is 0 Å². The van der Waals surface area contributed by atoms with Crippen LogP contribution in [0.15, 0.2) is 53.5 Å². The van der Waals surface area contributed by atoms with Gasteiger partial charge in [-0.3, -0.25) is 4.90 Å². The summed E-state index contributed by atoms with van der Waals surface area (Å²) in [5.41, 5.74) is 3.66. The molecule has 32 heavy (non-hydrogen) atoms. The molecule has 0 bridgehead atoms. The predicted molar refractivity (Wildman–Crippen MR) is 128 cm³/mol. The van der Waals surface area contributed by atoms with Gasteiger partial charge in [-0.2, -0.15) is 0 Å². The Morgan fingerprint density at radius 2 is 1.97 bits per heavy atom. The normalized spacial score (nSPS) is 18.4. The molecule has 1 fully saturated rings. The molecular weight excluding hydrogens is 426 g/mol. The lowest BCUT2D eigenvalue weighted by Crippen LogP contribution is -2.53. The molecule has 0 spiro atoms. The van der Waals surface area contributed by atoms with E-state index in [1.807, 2.05) is 18.2 Å². The summed E-state index contributed by atoms with van der Waals surface area (Å²) in [5.74, 6) is -0.00303. The number of nitrogens with zero attached hydrogens (tertiary/aromatic N) is 3. The van der Waals surface area contributed by atoms with Gasteiger partial charge in [0.15, 0.2) is 0 Å². The molecular formula is C25H26F2N4S. The molecule has 1 saturated heterocycles. The highest BCUT2D eigenvalue weighted by atomic mass is 32.1. The van der Waals surface area contributed by atoms with Crippen molar-refractivity contribution in [2.75, 3.05) is 32.0 Å². The van der Waals surface area contributed by atoms with Gasteiger partial charge in [0.1, 0.15) is 22.5 Å². The van der Waals surface area contributed by atoms with Gasteiger partial charge in [0.2, 0.25) is 0 Å². The van der Waals surface area contributed by atoms with Crippen molar-refractivity contribution < 1.29 is 8.78 Å². The summed E-state index contributed by atoms with van der Waals surface area (Å²) >= 11 is 1.75. The standard InChI is InChI=1S/C25H26F2N4S/c1-16-13-20-24(28-22-5-3-4-6-23(22)29-25(20)32-16)31-12-11-30(2)19(15-31)10-8-17-7-9-18(26)14-21(17)27/h3-7,9,13-14,19,29H,8,10-12,15H2,1-2H3/t19-/m0/s1. The number of fused-ring (bicyclic) bond motifs is 2. The first kappa shape index (κ1) is 21.1. The van der Waals surface area contributed by atoms with E-state index in [1.165, 1.54) is 10.9 Å². The number of hydrogen-bond donors (Lipinski definition) is 1. The SMILES string of the molecule is Cc1cc2c(s1)Nc1ccccc1N=C2N1CCN(C)[C@@H](CCc2ccc(F)cc2F)C1. The van der Waals surface area contributed by atoms with E-state index in [2.05, 4.69) is 41.2 Å². The second-order valence-electron chi connectivity index (χ2n) is 8.53. The highest BCUT2D eigenvalue weighted by Gasteiger charge is 2.30. The van der Waals surface area contributed by atoms with Crippen LogP contribution < -0.4 is 5.32 Å². The van der Waals surface area contributed by atoms with Crippen LogP contribution in [0.3, 0.4) is 0 Å². The Labute approximate surface area is 191 Å². The zero-order chi connectivity index (χ0) is 22.2. The van der Waals surface area contributed by atoms with Gasteiger partial charge in [0, 0.05) is 36.6 Å². The zero-order valence-corrected chi connectivity index (χ0v) is 19.1. The van der Waals surface area contributed by atoms with Gasteiger partial charge in [-0.1, -0.05) is 18.2 Å². The Bertz CT molecular complexity index is 1170. The van der Waals surface area contributed by atoms with Gasteiger partial charge in [0.25, 0.3) is 0 Å². The maximum atomic E-state index is 14.1. The van der Waals surface area contributed by atoms with Crippen molar-refractivity contribution in [1.82, 2.24) is 9.80 Å². The summed E-state index contributed by atoms with van der Waals surface area (Å²) in [6.45, 7) is 4.72. The number of rotatable bonds is 3. The van der Waals surface area contributed by atoms with Crippen LogP contribution in [0.1, 0.15) is 22.4 Å². The molecule has 7 heteroatoms. The van der Waals surface area contributed by atoms with E-state index in [-0.39, 0.29) is 6.04 Å². The summed E-state index contributed by atoms with van der Waals surface area (Å²) in [6, 6.07) is 14.5. The van der Waals surface area contributed by atoms with Crippen molar-refractivity contribution >= 4 is 33.5 Å². The van der Waals surface area contributed by atoms with E-state index in [0.717, 1.165) is 59.9 Å². The number of likely N-dealkylation sites (N-methyl/N-ethyl adjacent to an activating group) is 1. The lowest BCUT2D eigenvalue weighted by Gasteiger charge is -2.41. The van der Waals surface area contributed by atoms with E-state index in [0.29, 0.717) is 12.0 Å². The molecule has 0 saturated carbocycles. The van der Waals surface area contributed by atoms with Crippen LogP contribution in [0.4, 0.5) is 25.2 Å². The fourth-order valence-corrected chi connectivity index (χ4v) is 5.40. The van der Waals surface area contributed by atoms with Crippen LogP contribution in [-0.2, 0) is 6.42 Å². The molecule has 2 aliphatic rings. The van der Waals surface area contributed by atoms with E-state index in [9.17, 15) is 8.78 Å². The van der Waals surface area contributed by atoms with Crippen LogP contribution in [-0.4, -0.2) is 48.4 Å². The summed E-state index contributed by atoms with van der Waals surface area (Å²) in [5, 5.41) is 4.69. The van der Waals surface area contributed by atoms with Crippen LogP contribution in [0.25, 0.3) is 0 Å². The van der Waals surface area contributed by atoms with Crippen molar-refractivity contribution in [1.29, 1.82) is 0 Å². The largest absolute Gasteiger partial charge is 0.353 e. The van der Waals surface area contributed by atoms with Crippen LogP contribution in [0.5, 0.6) is 0 Å². The molecule has 3 aromatic rings. The third kappa shape index (κ3) is 4.14. The number of aryl methyl sites for hydroxylation is 2. The molecule has 0 amide bonds. The third-order valence-electron chi connectivity index (χ3n) is 6.31. The molecule has 1 atom stereocenters. The average Bonchev–Trinajstić information content (AvgIpc) is 3.06. The first-order valence-corrected chi connectivity index (χ1v) is 11.7. The number of piperazine rings is 1. The number of hydrogen-bond acceptors (Lipinski definition) is 5. The molecule has 4 nitrogen and oxygen atoms in total. The fraction of sp³-hybridized carbons (Fsp3) is 0.320. The van der Waals surface area contributed by atoms with Crippen LogP contribution in [0.2, 0.25) is 0 Å². The highest BCUT2D eigenvalue weighted by molar-refractivity contribution is 7.16. The Morgan fingerprint density at radius 1 is 1.12 bits per heavy atom. The van der Waals surface area contributed by atoms with Crippen molar-refractivity contribution in [2.24, 2.45) is 4.99 Å². The summed E-state index contributed by atoms with van der Waals surface area (Å²) < 4.78 is 27.4. The average molecular weight is 453 g/mol. The minimum absolute atomic E-state index is 0.255. The third-order valence-corrected chi connectivity index (χ3v) is 7.28. The molecule has 5 rings (SSSR count). The maximum Gasteiger partial charge on any atom is 0.139 e. The molecule has 1 N–H and O–H groups in total. The van der Waals surface area contributed by atoms with E-state index < -0.39 is 11.6 Å². The number of para-hydroxylation sites is 2. The van der Waals surface area contributed by atoms with Crippen LogP contribution >= 0.6 is 11.3 Å². The number of amidine groups is 1. The Kier molecular flexibility index (Phi) is 5.69. The second kappa shape index (κ2) is 8.64. The van der Waals surface area contributed by atoms with Gasteiger partial charge >= 0.3 is 0 Å². The first-order valence-electron chi connectivity index (χ1n) is 10.9. The Morgan fingerprint density at radius 3 is 2.81 bits per heavy atom. The minimum Gasteiger partial charge on any atom is -0.353 e. The second-order valence-corrected chi connectivity index (χ2v) is 9.79. The van der Waals surface area contributed by atoms with Gasteiger partial charge in [-0.25, -0.2) is 13.8 Å². The number of halogens is 2. The molecule has 2 aliphatic heterocycles. The monoisotopic (exact) mass is 452 g/mol. The first-order chi connectivity index (χ1) is 15.5. The maximum absolute atomic E-state index is 14.1. The quantitative estimate of drug-likeness (QED) is 0.552. The number of benzene rings is 2. The van der Waals surface area contributed by atoms with Crippen molar-refractivity contribution in [2.45, 2.75) is 25.8 Å². The lowest BCUT2D eigenvalue weighted by atomic mass is 10.0. The van der Waals surface area contributed by atoms with Gasteiger partial charge in [-0.05, 0) is 56.6 Å². The smallest absolute Gasteiger partial charge is 0.139 e. The summed E-state index contributed by atoms with van der Waals surface area (Å²) in [7, 11) is 2.12. The van der Waals surface area contributed by atoms with E-state index in [1.54, 1.807) is 17.4 Å². The molecule has 1 aromatic heterocycles. The Hall–Kier alpha value is -2.77. The number of thiophene rings is 1. The number of nitrogens with one attached hydrogen (secondary N) is 1. The molecule has 0 unspecified atom stereocenters. The fourth-order valence-electron chi connectivity index (χ4n) is 4.48. The molecule has 3 heterocycles. The zero-order valence-electron chi connectivity index (χ0n) is 18.2. The summed E-state index contributed by atoms with van der Waals surface area (Å²) in [6.07, 6.45) is 1.38. The molecule has 0 aliphatic carbocycles. The number of aliphatic imine (C=N–C) groups is 1. The molecule has 2 aromatic carbocycles. The molecule has 166 valence electrons. The summed E-state index contributed by atoms with van der Waals surface area (Å²) in [4.78, 5) is 11.0. The van der Waals surface area contributed by atoms with Gasteiger partial charge in [-0.15, -0.1) is 11.3 Å². The van der Waals surface area contributed by atoms with Crippen molar-refractivity contribution in [3.05, 3.63) is 76.2 Å². The topological polar surface area (TPSA) is 30.9 Å². The highest BCUT2D eigenvalue weighted by Crippen LogP contribution is 2.39.